The van der Waals surface area contributed by atoms with Crippen molar-refractivity contribution in [3.05, 3.63) is 64.6 Å². The van der Waals surface area contributed by atoms with Gasteiger partial charge in [-0.05, 0) is 49.6 Å². The first-order valence-electron chi connectivity index (χ1n) is 9.09. The topological polar surface area (TPSA) is 41.6 Å². The standard InChI is InChI=1S/C21H25BrN2O2/c1-16(26-20-9-7-18(22)8-10-20)21(25)23-19-11-13-24(14-12-19)15-17-5-3-2-4-6-17/h2-10,16,19H,11-15H2,1H3,(H,23,25). The average molecular weight is 417 g/mol. The molecule has 4 nitrogen and oxygen atoms in total. The van der Waals surface area contributed by atoms with E-state index in [1.165, 1.54) is 5.56 Å². The molecule has 2 aromatic carbocycles. The van der Waals surface area contributed by atoms with Crippen LogP contribution in [-0.4, -0.2) is 36.0 Å². The van der Waals surface area contributed by atoms with Gasteiger partial charge in [-0.25, -0.2) is 0 Å². The monoisotopic (exact) mass is 416 g/mol. The molecule has 1 aliphatic heterocycles. The van der Waals surface area contributed by atoms with E-state index in [1.54, 1.807) is 6.92 Å². The fourth-order valence-electron chi connectivity index (χ4n) is 3.17. The minimum atomic E-state index is -0.501. The maximum atomic E-state index is 12.4. The van der Waals surface area contributed by atoms with E-state index < -0.39 is 6.10 Å². The Morgan fingerprint density at radius 2 is 1.81 bits per heavy atom. The van der Waals surface area contributed by atoms with Crippen molar-refractivity contribution >= 4 is 21.8 Å². The van der Waals surface area contributed by atoms with Crippen LogP contribution in [0.3, 0.4) is 0 Å². The van der Waals surface area contributed by atoms with E-state index in [2.05, 4.69) is 50.4 Å². The Kier molecular flexibility index (Phi) is 6.69. The van der Waals surface area contributed by atoms with Crippen LogP contribution in [0.4, 0.5) is 0 Å². The number of nitrogens with one attached hydrogen (secondary N) is 1. The van der Waals surface area contributed by atoms with E-state index in [0.29, 0.717) is 5.75 Å². The Morgan fingerprint density at radius 1 is 1.15 bits per heavy atom. The summed E-state index contributed by atoms with van der Waals surface area (Å²) in [5, 5.41) is 3.13. The van der Waals surface area contributed by atoms with Crippen molar-refractivity contribution < 1.29 is 9.53 Å². The zero-order valence-corrected chi connectivity index (χ0v) is 16.6. The van der Waals surface area contributed by atoms with Crippen LogP contribution >= 0.6 is 15.9 Å². The highest BCUT2D eigenvalue weighted by Crippen LogP contribution is 2.18. The fraction of sp³-hybridized carbons (Fsp3) is 0.381. The van der Waals surface area contributed by atoms with E-state index >= 15 is 0 Å². The molecule has 0 aliphatic carbocycles. The summed E-state index contributed by atoms with van der Waals surface area (Å²) in [5.74, 6) is 0.656. The summed E-state index contributed by atoms with van der Waals surface area (Å²) in [6, 6.07) is 18.3. The first-order chi connectivity index (χ1) is 12.6. The van der Waals surface area contributed by atoms with Gasteiger partial charge in [0.1, 0.15) is 5.75 Å². The van der Waals surface area contributed by atoms with Gasteiger partial charge in [0.25, 0.3) is 5.91 Å². The predicted octanol–water partition coefficient (Wildman–Crippen LogP) is 4.00. The van der Waals surface area contributed by atoms with Gasteiger partial charge in [-0.15, -0.1) is 0 Å². The molecule has 2 aromatic rings. The molecule has 1 N–H and O–H groups in total. The second-order valence-electron chi connectivity index (χ2n) is 6.76. The number of benzene rings is 2. The lowest BCUT2D eigenvalue weighted by molar-refractivity contribution is -0.128. The van der Waals surface area contributed by atoms with Gasteiger partial charge in [-0.1, -0.05) is 46.3 Å². The summed E-state index contributed by atoms with van der Waals surface area (Å²) in [6.07, 6.45) is 1.45. The van der Waals surface area contributed by atoms with Crippen molar-refractivity contribution in [2.24, 2.45) is 0 Å². The highest BCUT2D eigenvalue weighted by atomic mass is 79.9. The number of amides is 1. The van der Waals surface area contributed by atoms with Crippen LogP contribution < -0.4 is 10.1 Å². The Morgan fingerprint density at radius 3 is 2.46 bits per heavy atom. The van der Waals surface area contributed by atoms with Crippen molar-refractivity contribution in [2.75, 3.05) is 13.1 Å². The number of hydrogen-bond donors (Lipinski definition) is 1. The Bertz CT molecular complexity index is 698. The molecule has 3 rings (SSSR count). The highest BCUT2D eigenvalue weighted by Gasteiger charge is 2.23. The molecule has 1 amide bonds. The molecule has 5 heteroatoms. The number of rotatable bonds is 6. The molecule has 1 atom stereocenters. The van der Waals surface area contributed by atoms with E-state index in [1.807, 2.05) is 30.3 Å². The lowest BCUT2D eigenvalue weighted by atomic mass is 10.0. The molecule has 138 valence electrons. The first kappa shape index (κ1) is 18.9. The first-order valence-corrected chi connectivity index (χ1v) is 9.88. The summed E-state index contributed by atoms with van der Waals surface area (Å²) in [7, 11) is 0. The van der Waals surface area contributed by atoms with E-state index in [0.717, 1.165) is 36.9 Å². The Balaban J connectivity index is 1.42. The lowest BCUT2D eigenvalue weighted by Crippen LogP contribution is -2.47. The SMILES string of the molecule is CC(Oc1ccc(Br)cc1)C(=O)NC1CCN(Cc2ccccc2)CC1. The number of piperidine rings is 1. The zero-order valence-electron chi connectivity index (χ0n) is 15.0. The Labute approximate surface area is 163 Å². The van der Waals surface area contributed by atoms with Crippen LogP contribution in [-0.2, 0) is 11.3 Å². The molecular weight excluding hydrogens is 392 g/mol. The third kappa shape index (κ3) is 5.58. The average Bonchev–Trinajstić information content (AvgIpc) is 2.66. The van der Waals surface area contributed by atoms with Gasteiger partial charge >= 0.3 is 0 Å². The molecular formula is C21H25BrN2O2. The third-order valence-corrected chi connectivity index (χ3v) is 5.21. The second-order valence-corrected chi connectivity index (χ2v) is 7.67. The lowest BCUT2D eigenvalue weighted by Gasteiger charge is -2.32. The van der Waals surface area contributed by atoms with Crippen LogP contribution in [0.1, 0.15) is 25.3 Å². The summed E-state index contributed by atoms with van der Waals surface area (Å²) in [6.45, 7) is 4.77. The normalized spacial score (nSPS) is 16.8. The molecule has 1 heterocycles. The van der Waals surface area contributed by atoms with Crippen LogP contribution in [0.5, 0.6) is 5.75 Å². The smallest absolute Gasteiger partial charge is 0.260 e. The summed E-state index contributed by atoms with van der Waals surface area (Å²) >= 11 is 3.39. The van der Waals surface area contributed by atoms with E-state index in [-0.39, 0.29) is 11.9 Å². The second kappa shape index (κ2) is 9.19. The zero-order chi connectivity index (χ0) is 18.4. The molecule has 0 bridgehead atoms. The minimum absolute atomic E-state index is 0.0468. The number of carbonyl (C=O) groups is 1. The van der Waals surface area contributed by atoms with Gasteiger partial charge in [-0.3, -0.25) is 9.69 Å². The molecule has 1 fully saturated rings. The van der Waals surface area contributed by atoms with Crippen molar-refractivity contribution in [1.82, 2.24) is 10.2 Å². The maximum absolute atomic E-state index is 12.4. The van der Waals surface area contributed by atoms with Gasteiger partial charge in [0.2, 0.25) is 0 Å². The van der Waals surface area contributed by atoms with Gasteiger partial charge in [-0.2, -0.15) is 0 Å². The molecule has 26 heavy (non-hydrogen) atoms. The number of likely N-dealkylation sites (tertiary alicyclic amines) is 1. The van der Waals surface area contributed by atoms with E-state index in [4.69, 9.17) is 4.74 Å². The van der Waals surface area contributed by atoms with Crippen molar-refractivity contribution in [2.45, 2.75) is 38.5 Å². The number of nitrogens with zero attached hydrogens (tertiary/aromatic N) is 1. The largest absolute Gasteiger partial charge is 0.481 e. The van der Waals surface area contributed by atoms with Crippen LogP contribution in [0.25, 0.3) is 0 Å². The number of hydrogen-bond acceptors (Lipinski definition) is 3. The molecule has 0 radical (unpaired) electrons. The summed E-state index contributed by atoms with van der Waals surface area (Å²) < 4.78 is 6.72. The maximum Gasteiger partial charge on any atom is 0.260 e. The molecule has 1 unspecified atom stereocenters. The minimum Gasteiger partial charge on any atom is -0.481 e. The summed E-state index contributed by atoms with van der Waals surface area (Å²) in [4.78, 5) is 14.8. The van der Waals surface area contributed by atoms with Crippen molar-refractivity contribution in [1.29, 1.82) is 0 Å². The van der Waals surface area contributed by atoms with E-state index in [9.17, 15) is 4.79 Å². The van der Waals surface area contributed by atoms with Crippen LogP contribution in [0.15, 0.2) is 59.1 Å². The van der Waals surface area contributed by atoms with Gasteiger partial charge in [0, 0.05) is 30.1 Å². The molecule has 1 saturated heterocycles. The van der Waals surface area contributed by atoms with Crippen LogP contribution in [0.2, 0.25) is 0 Å². The molecule has 1 aliphatic rings. The third-order valence-electron chi connectivity index (χ3n) is 4.68. The number of ether oxygens (including phenoxy) is 1. The van der Waals surface area contributed by atoms with Gasteiger partial charge < -0.3 is 10.1 Å². The number of carbonyl (C=O) groups excluding carboxylic acids is 1. The van der Waals surface area contributed by atoms with Gasteiger partial charge in [0.05, 0.1) is 0 Å². The molecule has 0 spiro atoms. The van der Waals surface area contributed by atoms with Crippen molar-refractivity contribution in [3.8, 4) is 5.75 Å². The quantitative estimate of drug-likeness (QED) is 0.773. The predicted molar refractivity (Wildman–Crippen MR) is 107 cm³/mol. The molecule has 0 saturated carbocycles. The fourth-order valence-corrected chi connectivity index (χ4v) is 3.43. The number of halogens is 1. The van der Waals surface area contributed by atoms with Crippen molar-refractivity contribution in [3.63, 3.8) is 0 Å². The highest BCUT2D eigenvalue weighted by molar-refractivity contribution is 9.10. The van der Waals surface area contributed by atoms with Gasteiger partial charge in [0.15, 0.2) is 6.10 Å². The summed E-state index contributed by atoms with van der Waals surface area (Å²) in [5.41, 5.74) is 1.34. The van der Waals surface area contributed by atoms with Crippen LogP contribution in [0, 0.1) is 0 Å². The Hall–Kier alpha value is -1.85. The molecule has 0 aromatic heterocycles.